The summed E-state index contributed by atoms with van der Waals surface area (Å²) >= 11 is 0. The number of rotatable bonds is 21. The largest absolute Gasteiger partial charge is 0.463 e. The molecule has 0 radical (unpaired) electrons. The Kier molecular flexibility index (Phi) is 16.8. The van der Waals surface area contributed by atoms with E-state index in [0.29, 0.717) is 17.8 Å². The van der Waals surface area contributed by atoms with Gasteiger partial charge in [0.25, 0.3) is 0 Å². The number of carbonyl (C=O) groups excluding carboxylic acids is 1. The van der Waals surface area contributed by atoms with E-state index in [9.17, 15) is 20.1 Å². The lowest BCUT2D eigenvalue weighted by molar-refractivity contribution is -0.313. The van der Waals surface area contributed by atoms with E-state index in [1.165, 1.54) is 102 Å². The van der Waals surface area contributed by atoms with Gasteiger partial charge in [-0.25, -0.2) is 0 Å². The van der Waals surface area contributed by atoms with Gasteiger partial charge < -0.3 is 29.5 Å². The molecule has 7 nitrogen and oxygen atoms in total. The van der Waals surface area contributed by atoms with Crippen molar-refractivity contribution in [1.82, 2.24) is 0 Å². The molecule has 0 aromatic rings. The van der Waals surface area contributed by atoms with Gasteiger partial charge in [0, 0.05) is 6.42 Å². The van der Waals surface area contributed by atoms with E-state index in [1.54, 1.807) is 0 Å². The van der Waals surface area contributed by atoms with Gasteiger partial charge in [-0.3, -0.25) is 4.79 Å². The predicted molar refractivity (Wildman–Crippen MR) is 217 cm³/mol. The number of aliphatic hydroxyl groups is 3. The normalized spacial score (nSPS) is 38.4. The Balaban J connectivity index is 1.06. The van der Waals surface area contributed by atoms with Crippen LogP contribution in [-0.2, 0) is 19.0 Å². The number of carbonyl (C=O) groups is 1. The van der Waals surface area contributed by atoms with Crippen LogP contribution in [0.25, 0.3) is 0 Å². The minimum absolute atomic E-state index is 0.136. The summed E-state index contributed by atoms with van der Waals surface area (Å²) in [5.74, 6) is 4.45. The van der Waals surface area contributed by atoms with E-state index in [-0.39, 0.29) is 24.1 Å². The van der Waals surface area contributed by atoms with Crippen molar-refractivity contribution < 1.29 is 34.3 Å². The average Bonchev–Trinajstić information content (AvgIpc) is 3.50. The monoisotopic (exact) mass is 759 g/mol. The van der Waals surface area contributed by atoms with Gasteiger partial charge in [-0.05, 0) is 104 Å². The molecule has 5 rings (SSSR count). The number of hydrogen-bond donors (Lipinski definition) is 3. The molecule has 0 aromatic heterocycles. The SMILES string of the molecule is CCCCCCCCCCCCCC(=O)OCC1O[C@H](OC2CC[C@@]3(C)C(=CCC4C3CC[C@@]3(C)C4CC[C@@H]3[C@H](C)CCCC(C)C)C2)C(O)C(O)[C@@H]1O. The quantitative estimate of drug-likeness (QED) is 0.0608. The lowest BCUT2D eigenvalue weighted by atomic mass is 9.47. The second-order valence-electron chi connectivity index (χ2n) is 19.8. The molecule has 0 bridgehead atoms. The summed E-state index contributed by atoms with van der Waals surface area (Å²) < 4.78 is 18.0. The first-order valence-electron chi connectivity index (χ1n) is 23.1. The molecule has 0 spiro atoms. The third-order valence-corrected chi connectivity index (χ3v) is 15.6. The van der Waals surface area contributed by atoms with Gasteiger partial charge >= 0.3 is 5.97 Å². The van der Waals surface area contributed by atoms with Crippen molar-refractivity contribution in [2.24, 2.45) is 46.3 Å². The molecular formula is C47H82O7. The van der Waals surface area contributed by atoms with Crippen LogP contribution in [0.3, 0.4) is 0 Å². The molecule has 5 aliphatic rings. The summed E-state index contributed by atoms with van der Waals surface area (Å²) in [7, 11) is 0. The topological polar surface area (TPSA) is 105 Å². The van der Waals surface area contributed by atoms with Gasteiger partial charge in [0.05, 0.1) is 6.10 Å². The summed E-state index contributed by atoms with van der Waals surface area (Å²) in [5, 5.41) is 32.4. The van der Waals surface area contributed by atoms with Crippen molar-refractivity contribution in [2.45, 2.75) is 226 Å². The maximum absolute atomic E-state index is 12.5. The van der Waals surface area contributed by atoms with Crippen LogP contribution in [0.4, 0.5) is 0 Å². The Morgan fingerprint density at radius 3 is 2.19 bits per heavy atom. The Morgan fingerprint density at radius 2 is 1.50 bits per heavy atom. The highest BCUT2D eigenvalue weighted by atomic mass is 16.7. The van der Waals surface area contributed by atoms with Crippen molar-refractivity contribution in [3.8, 4) is 0 Å². The number of ether oxygens (including phenoxy) is 3. The fraction of sp³-hybridized carbons (Fsp3) is 0.936. The molecule has 7 heteroatoms. The van der Waals surface area contributed by atoms with Crippen LogP contribution in [0.1, 0.15) is 189 Å². The number of aliphatic hydroxyl groups excluding tert-OH is 3. The van der Waals surface area contributed by atoms with Gasteiger partial charge in [-0.1, -0.05) is 137 Å². The second-order valence-corrected chi connectivity index (χ2v) is 19.8. The lowest BCUT2D eigenvalue weighted by Gasteiger charge is -2.58. The number of esters is 1. The van der Waals surface area contributed by atoms with E-state index in [1.807, 2.05) is 0 Å². The van der Waals surface area contributed by atoms with Crippen LogP contribution in [0.15, 0.2) is 11.6 Å². The summed E-state index contributed by atoms with van der Waals surface area (Å²) in [6.45, 7) is 14.5. The minimum atomic E-state index is -1.44. The zero-order valence-corrected chi connectivity index (χ0v) is 35.5. The summed E-state index contributed by atoms with van der Waals surface area (Å²) in [4.78, 5) is 12.5. The molecule has 1 heterocycles. The Labute approximate surface area is 330 Å². The van der Waals surface area contributed by atoms with Crippen LogP contribution >= 0.6 is 0 Å². The average molecular weight is 759 g/mol. The molecule has 1 saturated heterocycles. The lowest BCUT2D eigenvalue weighted by Crippen LogP contribution is -2.60. The van der Waals surface area contributed by atoms with Crippen molar-refractivity contribution in [3.63, 3.8) is 0 Å². The van der Waals surface area contributed by atoms with Gasteiger partial charge in [0.1, 0.15) is 31.0 Å². The fourth-order valence-electron chi connectivity index (χ4n) is 12.3. The Morgan fingerprint density at radius 1 is 0.815 bits per heavy atom. The molecule has 3 N–H and O–H groups in total. The number of allylic oxidation sites excluding steroid dienone is 1. The highest BCUT2D eigenvalue weighted by Crippen LogP contribution is 2.67. The molecule has 13 atom stereocenters. The standard InChI is InChI=1S/C47H82O7/c1-7-8-9-10-11-12-13-14-15-16-17-21-41(48)52-31-40-42(49)43(50)44(51)45(54-40)53-35-26-28-46(5)34(30-35)22-23-36-38-25-24-37(33(4)20-18-19-32(2)3)47(38,6)29-27-39(36)46/h22,32-33,35-40,42-45,49-51H,7-21,23-31H2,1-6H3/t33-,35?,36?,37-,38?,39?,40?,42-,43?,44?,45+,46+,47-/m1/s1. The first-order chi connectivity index (χ1) is 25.9. The van der Waals surface area contributed by atoms with E-state index in [4.69, 9.17) is 14.2 Å². The number of fused-ring (bicyclic) bond motifs is 5. The van der Waals surface area contributed by atoms with E-state index in [0.717, 1.165) is 74.5 Å². The molecular weight excluding hydrogens is 677 g/mol. The first kappa shape index (κ1) is 44.1. The van der Waals surface area contributed by atoms with Crippen molar-refractivity contribution in [2.75, 3.05) is 6.61 Å². The first-order valence-corrected chi connectivity index (χ1v) is 23.1. The maximum Gasteiger partial charge on any atom is 0.305 e. The third kappa shape index (κ3) is 10.7. The molecule has 312 valence electrons. The van der Waals surface area contributed by atoms with Gasteiger partial charge in [-0.2, -0.15) is 0 Å². The summed E-state index contributed by atoms with van der Waals surface area (Å²) in [5.41, 5.74) is 2.15. The van der Waals surface area contributed by atoms with Crippen LogP contribution in [0, 0.1) is 46.3 Å². The highest BCUT2D eigenvalue weighted by Gasteiger charge is 2.59. The summed E-state index contributed by atoms with van der Waals surface area (Å²) in [6, 6.07) is 0. The van der Waals surface area contributed by atoms with Crippen LogP contribution < -0.4 is 0 Å². The molecule has 0 amide bonds. The van der Waals surface area contributed by atoms with Gasteiger partial charge in [0.2, 0.25) is 0 Å². The smallest absolute Gasteiger partial charge is 0.305 e. The molecule has 54 heavy (non-hydrogen) atoms. The van der Waals surface area contributed by atoms with Crippen molar-refractivity contribution in [1.29, 1.82) is 0 Å². The molecule has 1 aliphatic heterocycles. The molecule has 0 aromatic carbocycles. The van der Waals surface area contributed by atoms with E-state index >= 15 is 0 Å². The summed E-state index contributed by atoms with van der Waals surface area (Å²) in [6.07, 6.45) is 23.4. The minimum Gasteiger partial charge on any atom is -0.463 e. The second kappa shape index (κ2) is 20.6. The third-order valence-electron chi connectivity index (χ3n) is 15.6. The van der Waals surface area contributed by atoms with Gasteiger partial charge in [-0.15, -0.1) is 0 Å². The maximum atomic E-state index is 12.5. The van der Waals surface area contributed by atoms with Crippen LogP contribution in [0.5, 0.6) is 0 Å². The van der Waals surface area contributed by atoms with Crippen LogP contribution in [0.2, 0.25) is 0 Å². The van der Waals surface area contributed by atoms with Gasteiger partial charge in [0.15, 0.2) is 6.29 Å². The van der Waals surface area contributed by atoms with Crippen molar-refractivity contribution >= 4 is 5.97 Å². The molecule has 4 fully saturated rings. The zero-order chi connectivity index (χ0) is 38.9. The molecule has 4 aliphatic carbocycles. The molecule has 3 saturated carbocycles. The predicted octanol–water partition coefficient (Wildman–Crippen LogP) is 10.5. The highest BCUT2D eigenvalue weighted by molar-refractivity contribution is 5.69. The van der Waals surface area contributed by atoms with E-state index in [2.05, 4.69) is 47.6 Å². The Bertz CT molecular complexity index is 1170. The van der Waals surface area contributed by atoms with Crippen LogP contribution in [-0.4, -0.2) is 64.7 Å². The van der Waals surface area contributed by atoms with E-state index < -0.39 is 30.7 Å². The van der Waals surface area contributed by atoms with Crippen molar-refractivity contribution in [3.05, 3.63) is 11.6 Å². The number of unbranched alkanes of at least 4 members (excludes halogenated alkanes) is 10. The fourth-order valence-corrected chi connectivity index (χ4v) is 12.3. The molecule has 7 unspecified atom stereocenters. The number of hydrogen-bond acceptors (Lipinski definition) is 7. The zero-order valence-electron chi connectivity index (χ0n) is 35.5. The Hall–Kier alpha value is -0.990.